The van der Waals surface area contributed by atoms with Crippen LogP contribution in [-0.2, 0) is 14.4 Å². The number of amides is 3. The molecule has 0 spiro atoms. The third-order valence-corrected chi connectivity index (χ3v) is 7.64. The maximum absolute atomic E-state index is 15.0. The zero-order valence-electron chi connectivity index (χ0n) is 21.7. The van der Waals surface area contributed by atoms with Gasteiger partial charge in [-0.25, -0.2) is 4.39 Å². The van der Waals surface area contributed by atoms with Crippen molar-refractivity contribution >= 4 is 29.1 Å². The molecule has 0 bridgehead atoms. The number of thiophene rings is 1. The first-order valence-electron chi connectivity index (χ1n) is 12.2. The summed E-state index contributed by atoms with van der Waals surface area (Å²) in [5.41, 5.74) is 2.41. The van der Waals surface area contributed by atoms with Crippen LogP contribution in [0.4, 0.5) is 4.39 Å². The first-order valence-corrected chi connectivity index (χ1v) is 13.1. The Morgan fingerprint density at radius 3 is 2.33 bits per heavy atom. The van der Waals surface area contributed by atoms with E-state index in [0.29, 0.717) is 0 Å². The normalized spacial score (nSPS) is 21.7. The van der Waals surface area contributed by atoms with Gasteiger partial charge in [-0.15, -0.1) is 11.3 Å². The molecule has 3 rings (SSSR count). The van der Waals surface area contributed by atoms with Gasteiger partial charge >= 0.3 is 0 Å². The summed E-state index contributed by atoms with van der Waals surface area (Å²) in [5.74, 6) is -1.60. The predicted molar refractivity (Wildman–Crippen MR) is 139 cm³/mol. The lowest BCUT2D eigenvalue weighted by atomic mass is 9.85. The molecule has 5 atom stereocenters. The number of carbonyl (C=O) groups is 3. The molecule has 0 aliphatic carbocycles. The van der Waals surface area contributed by atoms with Gasteiger partial charge in [-0.2, -0.15) is 0 Å². The van der Waals surface area contributed by atoms with E-state index in [4.69, 9.17) is 0 Å². The standard InChI is InChI=1S/C27H36FN3O4S/c1-7-20(33)30-24(27(4,5)6)26(35)31-14-19(32)21(28)22(31)25(34)29-16(3)17-8-10-18(11-9-17)23-15(2)12-13-36-23/h8-13,16,19,21-22,24,32H,7,14H2,1-6H3,(H,29,34)(H,30,33)/t16-,19-,21-,22-,24+/m0/s1. The second-order valence-corrected chi connectivity index (χ2v) is 11.4. The Morgan fingerprint density at radius 1 is 1.17 bits per heavy atom. The Kier molecular flexibility index (Phi) is 8.56. The summed E-state index contributed by atoms with van der Waals surface area (Å²) in [6.07, 6.45) is -3.25. The number of halogens is 1. The molecule has 196 valence electrons. The maximum atomic E-state index is 15.0. The summed E-state index contributed by atoms with van der Waals surface area (Å²) in [7, 11) is 0. The van der Waals surface area contributed by atoms with Crippen LogP contribution in [0.25, 0.3) is 10.4 Å². The second-order valence-electron chi connectivity index (χ2n) is 10.5. The monoisotopic (exact) mass is 517 g/mol. The van der Waals surface area contributed by atoms with E-state index in [2.05, 4.69) is 23.6 Å². The molecule has 36 heavy (non-hydrogen) atoms. The van der Waals surface area contributed by atoms with E-state index in [1.54, 1.807) is 46.0 Å². The van der Waals surface area contributed by atoms with Crippen molar-refractivity contribution in [3.05, 3.63) is 46.8 Å². The van der Waals surface area contributed by atoms with Crippen LogP contribution in [0.15, 0.2) is 35.7 Å². The highest BCUT2D eigenvalue weighted by Gasteiger charge is 2.50. The number of aliphatic hydroxyl groups excluding tert-OH is 1. The van der Waals surface area contributed by atoms with Crippen molar-refractivity contribution < 1.29 is 23.9 Å². The highest BCUT2D eigenvalue weighted by atomic mass is 32.1. The van der Waals surface area contributed by atoms with Crippen LogP contribution in [0.1, 0.15) is 58.2 Å². The molecule has 1 aliphatic heterocycles. The molecular formula is C27H36FN3O4S. The third kappa shape index (κ3) is 5.95. The van der Waals surface area contributed by atoms with Gasteiger partial charge in [-0.05, 0) is 47.4 Å². The van der Waals surface area contributed by atoms with Gasteiger partial charge in [0.1, 0.15) is 18.2 Å². The average Bonchev–Trinajstić information content (AvgIpc) is 3.38. The third-order valence-electron chi connectivity index (χ3n) is 6.57. The number of carbonyl (C=O) groups excluding carboxylic acids is 3. The fourth-order valence-electron chi connectivity index (χ4n) is 4.36. The van der Waals surface area contributed by atoms with Crippen LogP contribution in [0, 0.1) is 12.3 Å². The number of rotatable bonds is 7. The van der Waals surface area contributed by atoms with E-state index >= 15 is 4.39 Å². The van der Waals surface area contributed by atoms with Crippen molar-refractivity contribution in [2.24, 2.45) is 5.41 Å². The summed E-state index contributed by atoms with van der Waals surface area (Å²) in [6.45, 7) is 10.5. The fraction of sp³-hybridized carbons (Fsp3) is 0.519. The van der Waals surface area contributed by atoms with Crippen LogP contribution in [-0.4, -0.2) is 58.6 Å². The Bertz CT molecular complexity index is 1100. The van der Waals surface area contributed by atoms with Crippen molar-refractivity contribution in [2.75, 3.05) is 6.54 Å². The van der Waals surface area contributed by atoms with Crippen LogP contribution < -0.4 is 10.6 Å². The number of nitrogens with zero attached hydrogens (tertiary/aromatic N) is 1. The summed E-state index contributed by atoms with van der Waals surface area (Å²) < 4.78 is 15.0. The molecule has 0 saturated carbocycles. The van der Waals surface area contributed by atoms with E-state index in [1.807, 2.05) is 29.6 Å². The average molecular weight is 518 g/mol. The van der Waals surface area contributed by atoms with E-state index in [9.17, 15) is 19.5 Å². The summed E-state index contributed by atoms with van der Waals surface area (Å²) in [4.78, 5) is 41.0. The first kappa shape index (κ1) is 27.8. The molecule has 2 heterocycles. The zero-order valence-corrected chi connectivity index (χ0v) is 22.5. The fourth-order valence-corrected chi connectivity index (χ4v) is 5.30. The minimum absolute atomic E-state index is 0.181. The molecule has 2 aromatic rings. The largest absolute Gasteiger partial charge is 0.388 e. The van der Waals surface area contributed by atoms with Crippen molar-refractivity contribution in [3.8, 4) is 10.4 Å². The second kappa shape index (κ2) is 11.1. The van der Waals surface area contributed by atoms with Gasteiger partial charge in [-0.3, -0.25) is 14.4 Å². The van der Waals surface area contributed by atoms with Crippen molar-refractivity contribution in [2.45, 2.75) is 78.4 Å². The maximum Gasteiger partial charge on any atom is 0.246 e. The minimum Gasteiger partial charge on any atom is -0.388 e. The molecule has 1 aliphatic rings. The number of hydrogen-bond acceptors (Lipinski definition) is 5. The Morgan fingerprint density at radius 2 is 1.81 bits per heavy atom. The Labute approximate surface area is 216 Å². The SMILES string of the molecule is CCC(=O)N[C@H](C(=O)N1C[C@H](O)[C@H](F)[C@H]1C(=O)N[C@@H](C)c1ccc(-c2sccc2C)cc1)C(C)(C)C. The van der Waals surface area contributed by atoms with E-state index in [1.165, 1.54) is 10.4 Å². The highest BCUT2D eigenvalue weighted by Crippen LogP contribution is 2.31. The summed E-state index contributed by atoms with van der Waals surface area (Å²) in [6, 6.07) is 6.93. The molecule has 0 unspecified atom stereocenters. The number of β-amino-alcohol motifs (C(OH)–C–C–N with tert-alkyl or cyclic N) is 1. The van der Waals surface area contributed by atoms with Gasteiger partial charge in [0, 0.05) is 11.3 Å². The van der Waals surface area contributed by atoms with Crippen LogP contribution >= 0.6 is 11.3 Å². The quantitative estimate of drug-likeness (QED) is 0.521. The topological polar surface area (TPSA) is 98.7 Å². The predicted octanol–water partition coefficient (Wildman–Crippen LogP) is 3.75. The van der Waals surface area contributed by atoms with Crippen LogP contribution in [0.5, 0.6) is 0 Å². The number of benzene rings is 1. The van der Waals surface area contributed by atoms with Crippen molar-refractivity contribution in [1.29, 1.82) is 0 Å². The number of likely N-dealkylation sites (tertiary alicyclic amines) is 1. The molecule has 3 N–H and O–H groups in total. The van der Waals surface area contributed by atoms with Gasteiger partial charge in [0.25, 0.3) is 0 Å². The number of aliphatic hydroxyl groups is 1. The Balaban J connectivity index is 1.77. The lowest BCUT2D eigenvalue weighted by molar-refractivity contribution is -0.145. The van der Waals surface area contributed by atoms with Gasteiger partial charge in [0.05, 0.1) is 12.6 Å². The molecule has 7 nitrogen and oxygen atoms in total. The summed E-state index contributed by atoms with van der Waals surface area (Å²) >= 11 is 1.66. The lowest BCUT2D eigenvalue weighted by Crippen LogP contribution is -2.58. The molecule has 1 aromatic heterocycles. The molecule has 1 aromatic carbocycles. The Hall–Kier alpha value is -2.78. The lowest BCUT2D eigenvalue weighted by Gasteiger charge is -2.35. The van der Waals surface area contributed by atoms with Crippen LogP contribution in [0.2, 0.25) is 0 Å². The van der Waals surface area contributed by atoms with Gasteiger partial charge in [-0.1, -0.05) is 52.0 Å². The van der Waals surface area contributed by atoms with Crippen LogP contribution in [0.3, 0.4) is 0 Å². The van der Waals surface area contributed by atoms with E-state index < -0.39 is 47.6 Å². The van der Waals surface area contributed by atoms with Crippen molar-refractivity contribution in [3.63, 3.8) is 0 Å². The molecular weight excluding hydrogens is 481 g/mol. The van der Waals surface area contributed by atoms with Crippen molar-refractivity contribution in [1.82, 2.24) is 15.5 Å². The zero-order chi connectivity index (χ0) is 26.8. The molecule has 9 heteroatoms. The smallest absolute Gasteiger partial charge is 0.246 e. The van der Waals surface area contributed by atoms with E-state index in [-0.39, 0.29) is 18.9 Å². The van der Waals surface area contributed by atoms with Gasteiger partial charge in [0.15, 0.2) is 6.17 Å². The number of nitrogens with one attached hydrogen (secondary N) is 2. The van der Waals surface area contributed by atoms with E-state index in [0.717, 1.165) is 16.0 Å². The van der Waals surface area contributed by atoms with Gasteiger partial charge in [0.2, 0.25) is 17.7 Å². The molecule has 3 amide bonds. The molecule has 0 radical (unpaired) electrons. The molecule has 1 fully saturated rings. The number of aryl methyl sites for hydroxylation is 1. The number of alkyl halides is 1. The molecule has 1 saturated heterocycles. The van der Waals surface area contributed by atoms with Gasteiger partial charge < -0.3 is 20.6 Å². The number of hydrogen-bond donors (Lipinski definition) is 3. The summed E-state index contributed by atoms with van der Waals surface area (Å²) in [5, 5.41) is 17.7. The first-order chi connectivity index (χ1) is 16.8. The minimum atomic E-state index is -1.94. The highest BCUT2D eigenvalue weighted by molar-refractivity contribution is 7.13.